The van der Waals surface area contributed by atoms with Crippen molar-refractivity contribution in [1.29, 1.82) is 0 Å². The third kappa shape index (κ3) is 5.54. The Morgan fingerprint density at radius 2 is 1.86 bits per heavy atom. The van der Waals surface area contributed by atoms with Gasteiger partial charge in [-0.2, -0.15) is 0 Å². The van der Waals surface area contributed by atoms with E-state index in [1.807, 2.05) is 0 Å². The van der Waals surface area contributed by atoms with E-state index in [0.29, 0.717) is 6.10 Å². The van der Waals surface area contributed by atoms with Gasteiger partial charge >= 0.3 is 0 Å². The van der Waals surface area contributed by atoms with Crippen molar-refractivity contribution in [3.8, 4) is 0 Å². The van der Waals surface area contributed by atoms with Crippen molar-refractivity contribution in [3.63, 3.8) is 0 Å². The normalized spacial score (nSPS) is 28.3. The highest BCUT2D eigenvalue weighted by Crippen LogP contribution is 2.29. The number of piperidine rings is 1. The van der Waals surface area contributed by atoms with Crippen LogP contribution in [0.25, 0.3) is 0 Å². The zero-order chi connectivity index (χ0) is 15.2. The molecule has 0 radical (unpaired) electrons. The molecular weight excluding hydrogens is 260 g/mol. The van der Waals surface area contributed by atoms with Gasteiger partial charge in [-0.3, -0.25) is 0 Å². The van der Waals surface area contributed by atoms with Crippen LogP contribution in [0, 0.1) is 11.8 Å². The molecule has 0 spiro atoms. The van der Waals surface area contributed by atoms with E-state index < -0.39 is 0 Å². The SMILES string of the molecule is CCN1CCC(CCOC2CC(N(C)CC(C)C)C2)CC1. The van der Waals surface area contributed by atoms with E-state index in [1.165, 1.54) is 58.3 Å². The summed E-state index contributed by atoms with van der Waals surface area (Å²) in [4.78, 5) is 5.09. The van der Waals surface area contributed by atoms with Crippen LogP contribution >= 0.6 is 0 Å². The van der Waals surface area contributed by atoms with Crippen molar-refractivity contribution in [1.82, 2.24) is 9.80 Å². The predicted octanol–water partition coefficient (Wildman–Crippen LogP) is 3.24. The van der Waals surface area contributed by atoms with E-state index >= 15 is 0 Å². The Morgan fingerprint density at radius 3 is 2.43 bits per heavy atom. The van der Waals surface area contributed by atoms with Crippen molar-refractivity contribution in [2.75, 3.05) is 39.8 Å². The Balaban J connectivity index is 1.50. The highest BCUT2D eigenvalue weighted by atomic mass is 16.5. The Morgan fingerprint density at radius 1 is 1.19 bits per heavy atom. The molecule has 0 amide bonds. The minimum Gasteiger partial charge on any atom is -0.378 e. The van der Waals surface area contributed by atoms with E-state index in [-0.39, 0.29) is 0 Å². The molecule has 0 aromatic rings. The fourth-order valence-corrected chi connectivity index (χ4v) is 3.75. The molecule has 124 valence electrons. The molecule has 0 aromatic carbocycles. The van der Waals surface area contributed by atoms with Gasteiger partial charge in [0, 0.05) is 19.2 Å². The second-order valence-electron chi connectivity index (χ2n) is 7.62. The minimum atomic E-state index is 0.542. The molecule has 1 saturated carbocycles. The van der Waals surface area contributed by atoms with Crippen LogP contribution in [0.5, 0.6) is 0 Å². The van der Waals surface area contributed by atoms with Gasteiger partial charge in [0.15, 0.2) is 0 Å². The van der Waals surface area contributed by atoms with Crippen LogP contribution in [0.3, 0.4) is 0 Å². The number of rotatable bonds is 8. The zero-order valence-corrected chi connectivity index (χ0v) is 14.7. The number of ether oxygens (including phenoxy) is 1. The van der Waals surface area contributed by atoms with Crippen LogP contribution in [0.1, 0.15) is 52.9 Å². The van der Waals surface area contributed by atoms with E-state index in [2.05, 4.69) is 37.6 Å². The molecule has 0 unspecified atom stereocenters. The summed E-state index contributed by atoms with van der Waals surface area (Å²) in [5.41, 5.74) is 0. The lowest BCUT2D eigenvalue weighted by Gasteiger charge is -2.41. The summed E-state index contributed by atoms with van der Waals surface area (Å²) in [6.45, 7) is 12.9. The highest BCUT2D eigenvalue weighted by molar-refractivity contribution is 4.87. The predicted molar refractivity (Wildman–Crippen MR) is 89.7 cm³/mol. The fourth-order valence-electron chi connectivity index (χ4n) is 3.75. The maximum atomic E-state index is 6.08. The summed E-state index contributed by atoms with van der Waals surface area (Å²) in [5.74, 6) is 1.68. The van der Waals surface area contributed by atoms with Crippen molar-refractivity contribution < 1.29 is 4.74 Å². The van der Waals surface area contributed by atoms with Gasteiger partial charge in [-0.1, -0.05) is 20.8 Å². The highest BCUT2D eigenvalue weighted by Gasteiger charge is 2.32. The quantitative estimate of drug-likeness (QED) is 0.684. The second kappa shape index (κ2) is 8.50. The molecule has 1 heterocycles. The largest absolute Gasteiger partial charge is 0.378 e. The fraction of sp³-hybridized carbons (Fsp3) is 1.00. The lowest BCUT2D eigenvalue weighted by molar-refractivity contribution is -0.0520. The molecule has 2 fully saturated rings. The van der Waals surface area contributed by atoms with Crippen LogP contribution < -0.4 is 0 Å². The van der Waals surface area contributed by atoms with E-state index in [9.17, 15) is 0 Å². The van der Waals surface area contributed by atoms with Gasteiger partial charge in [0.2, 0.25) is 0 Å². The molecule has 0 N–H and O–H groups in total. The molecule has 1 aliphatic heterocycles. The molecule has 0 atom stereocenters. The first-order valence-electron chi connectivity index (χ1n) is 9.12. The molecule has 0 bridgehead atoms. The molecule has 2 aliphatic rings. The van der Waals surface area contributed by atoms with E-state index in [0.717, 1.165) is 24.5 Å². The first kappa shape index (κ1) is 17.2. The zero-order valence-electron chi connectivity index (χ0n) is 14.7. The Bertz CT molecular complexity index is 281. The first-order valence-corrected chi connectivity index (χ1v) is 9.12. The summed E-state index contributed by atoms with van der Waals surface area (Å²) in [5, 5.41) is 0. The van der Waals surface area contributed by atoms with Gasteiger partial charge in [-0.25, -0.2) is 0 Å². The summed E-state index contributed by atoms with van der Waals surface area (Å²) in [6, 6.07) is 0.769. The molecule has 21 heavy (non-hydrogen) atoms. The lowest BCUT2D eigenvalue weighted by Crippen LogP contribution is -2.47. The van der Waals surface area contributed by atoms with Crippen LogP contribution in [0.2, 0.25) is 0 Å². The minimum absolute atomic E-state index is 0.542. The molecule has 1 saturated heterocycles. The Kier molecular flexibility index (Phi) is 6.97. The van der Waals surface area contributed by atoms with Crippen LogP contribution in [-0.4, -0.2) is 61.8 Å². The topological polar surface area (TPSA) is 15.7 Å². The summed E-state index contributed by atoms with van der Waals surface area (Å²) in [7, 11) is 2.27. The summed E-state index contributed by atoms with van der Waals surface area (Å²) < 4.78 is 6.08. The van der Waals surface area contributed by atoms with Gasteiger partial charge in [-0.15, -0.1) is 0 Å². The molecule has 1 aliphatic carbocycles. The first-order chi connectivity index (χ1) is 10.1. The monoisotopic (exact) mass is 296 g/mol. The number of hydrogen-bond acceptors (Lipinski definition) is 3. The van der Waals surface area contributed by atoms with Gasteiger partial charge in [-0.05, 0) is 70.6 Å². The van der Waals surface area contributed by atoms with Gasteiger partial charge in [0.25, 0.3) is 0 Å². The molecule has 2 rings (SSSR count). The average molecular weight is 296 g/mol. The Hall–Kier alpha value is -0.120. The van der Waals surface area contributed by atoms with E-state index in [4.69, 9.17) is 4.74 Å². The summed E-state index contributed by atoms with van der Waals surface area (Å²) >= 11 is 0. The molecule has 3 nitrogen and oxygen atoms in total. The number of likely N-dealkylation sites (tertiary alicyclic amines) is 1. The molecular formula is C18H36N2O. The van der Waals surface area contributed by atoms with Crippen molar-refractivity contribution in [2.24, 2.45) is 11.8 Å². The number of nitrogens with zero attached hydrogens (tertiary/aromatic N) is 2. The maximum Gasteiger partial charge on any atom is 0.0605 e. The third-order valence-electron chi connectivity index (χ3n) is 5.38. The van der Waals surface area contributed by atoms with E-state index in [1.54, 1.807) is 0 Å². The van der Waals surface area contributed by atoms with Crippen molar-refractivity contribution in [3.05, 3.63) is 0 Å². The Labute approximate surface area is 132 Å². The van der Waals surface area contributed by atoms with Gasteiger partial charge in [0.1, 0.15) is 0 Å². The smallest absolute Gasteiger partial charge is 0.0605 e. The average Bonchev–Trinajstić information content (AvgIpc) is 2.41. The van der Waals surface area contributed by atoms with Crippen LogP contribution in [-0.2, 0) is 4.74 Å². The van der Waals surface area contributed by atoms with Crippen LogP contribution in [0.4, 0.5) is 0 Å². The molecule has 0 aromatic heterocycles. The maximum absolute atomic E-state index is 6.08. The van der Waals surface area contributed by atoms with Crippen molar-refractivity contribution in [2.45, 2.75) is 65.0 Å². The third-order valence-corrected chi connectivity index (χ3v) is 5.38. The summed E-state index contributed by atoms with van der Waals surface area (Å²) in [6.07, 6.45) is 7.07. The second-order valence-corrected chi connectivity index (χ2v) is 7.62. The van der Waals surface area contributed by atoms with Gasteiger partial charge in [0.05, 0.1) is 6.10 Å². The van der Waals surface area contributed by atoms with Gasteiger partial charge < -0.3 is 14.5 Å². The molecule has 3 heteroatoms. The lowest BCUT2D eigenvalue weighted by atomic mass is 9.87. The number of hydrogen-bond donors (Lipinski definition) is 0. The standard InChI is InChI=1S/C18H36N2O/c1-5-20-9-6-16(7-10-20)8-11-21-18-12-17(13-18)19(4)14-15(2)3/h15-18H,5-14H2,1-4H3. The van der Waals surface area contributed by atoms with Crippen molar-refractivity contribution >= 4 is 0 Å². The van der Waals surface area contributed by atoms with Crippen LogP contribution in [0.15, 0.2) is 0 Å².